The first-order valence-electron chi connectivity index (χ1n) is 8.40. The fourth-order valence-electron chi connectivity index (χ4n) is 3.25. The SMILES string of the molecule is COCCOCCC1(CNC(C)(C)C)CCOC1C1CC1. The molecule has 2 rings (SSSR count). The van der Waals surface area contributed by atoms with Crippen LogP contribution < -0.4 is 5.32 Å². The van der Waals surface area contributed by atoms with Gasteiger partial charge >= 0.3 is 0 Å². The van der Waals surface area contributed by atoms with Crippen LogP contribution in [0.2, 0.25) is 0 Å². The second-order valence-electron chi connectivity index (χ2n) is 7.70. The van der Waals surface area contributed by atoms with Gasteiger partial charge in [0, 0.05) is 37.8 Å². The maximum Gasteiger partial charge on any atom is 0.0700 e. The Kier molecular flexibility index (Phi) is 6.06. The summed E-state index contributed by atoms with van der Waals surface area (Å²) in [5, 5.41) is 3.71. The van der Waals surface area contributed by atoms with Gasteiger partial charge in [0.25, 0.3) is 0 Å². The second-order valence-corrected chi connectivity index (χ2v) is 7.70. The molecule has 1 heterocycles. The molecule has 2 aliphatic rings. The number of nitrogens with one attached hydrogen (secondary N) is 1. The highest BCUT2D eigenvalue weighted by Crippen LogP contribution is 2.49. The van der Waals surface area contributed by atoms with E-state index in [1.807, 2.05) is 0 Å². The molecule has 1 N–H and O–H groups in total. The summed E-state index contributed by atoms with van der Waals surface area (Å²) in [7, 11) is 1.71. The predicted molar refractivity (Wildman–Crippen MR) is 84.6 cm³/mol. The van der Waals surface area contributed by atoms with Crippen LogP contribution in [0.25, 0.3) is 0 Å². The van der Waals surface area contributed by atoms with E-state index in [2.05, 4.69) is 26.1 Å². The molecule has 0 radical (unpaired) electrons. The lowest BCUT2D eigenvalue weighted by Crippen LogP contribution is -2.48. The Hall–Kier alpha value is -0.160. The van der Waals surface area contributed by atoms with Crippen LogP contribution in [0.1, 0.15) is 46.5 Å². The maximum atomic E-state index is 6.12. The highest BCUT2D eigenvalue weighted by atomic mass is 16.5. The summed E-state index contributed by atoms with van der Waals surface area (Å²) >= 11 is 0. The Balaban J connectivity index is 1.89. The zero-order chi connectivity index (χ0) is 15.3. The summed E-state index contributed by atoms with van der Waals surface area (Å²) in [6.45, 7) is 10.8. The van der Waals surface area contributed by atoms with Gasteiger partial charge < -0.3 is 19.5 Å². The van der Waals surface area contributed by atoms with Crippen molar-refractivity contribution in [2.24, 2.45) is 11.3 Å². The molecule has 124 valence electrons. The van der Waals surface area contributed by atoms with E-state index in [1.165, 1.54) is 12.8 Å². The fourth-order valence-corrected chi connectivity index (χ4v) is 3.25. The average Bonchev–Trinajstić information content (AvgIpc) is 3.17. The van der Waals surface area contributed by atoms with Gasteiger partial charge in [-0.05, 0) is 52.4 Å². The Bertz CT molecular complexity index is 312. The van der Waals surface area contributed by atoms with E-state index in [4.69, 9.17) is 14.2 Å². The van der Waals surface area contributed by atoms with Crippen molar-refractivity contribution in [3.8, 4) is 0 Å². The fraction of sp³-hybridized carbons (Fsp3) is 1.00. The van der Waals surface area contributed by atoms with Crippen molar-refractivity contribution >= 4 is 0 Å². The maximum absolute atomic E-state index is 6.12. The van der Waals surface area contributed by atoms with Crippen LogP contribution >= 0.6 is 0 Å². The van der Waals surface area contributed by atoms with Gasteiger partial charge in [-0.3, -0.25) is 0 Å². The van der Waals surface area contributed by atoms with Crippen LogP contribution in [0.15, 0.2) is 0 Å². The minimum Gasteiger partial charge on any atom is -0.382 e. The Labute approximate surface area is 129 Å². The highest BCUT2D eigenvalue weighted by molar-refractivity contribution is 5.01. The third kappa shape index (κ3) is 5.20. The molecule has 4 nitrogen and oxygen atoms in total. The van der Waals surface area contributed by atoms with E-state index < -0.39 is 0 Å². The average molecular weight is 299 g/mol. The zero-order valence-corrected chi connectivity index (χ0v) is 14.2. The Morgan fingerprint density at radius 1 is 1.19 bits per heavy atom. The molecule has 0 amide bonds. The summed E-state index contributed by atoms with van der Waals surface area (Å²) in [6, 6.07) is 0. The molecular weight excluding hydrogens is 266 g/mol. The van der Waals surface area contributed by atoms with E-state index in [-0.39, 0.29) is 11.0 Å². The molecule has 4 heteroatoms. The second kappa shape index (κ2) is 7.40. The molecule has 2 atom stereocenters. The Morgan fingerprint density at radius 2 is 1.95 bits per heavy atom. The standard InChI is InChI=1S/C17H33NO3/c1-16(2,3)18-13-17(7-9-20-12-11-19-4)8-10-21-15(17)14-5-6-14/h14-15,18H,5-13H2,1-4H3. The van der Waals surface area contributed by atoms with Crippen molar-refractivity contribution in [1.82, 2.24) is 5.32 Å². The molecule has 2 fully saturated rings. The van der Waals surface area contributed by atoms with Crippen LogP contribution in [-0.2, 0) is 14.2 Å². The topological polar surface area (TPSA) is 39.7 Å². The summed E-state index contributed by atoms with van der Waals surface area (Å²) < 4.78 is 16.9. The smallest absolute Gasteiger partial charge is 0.0700 e. The predicted octanol–water partition coefficient (Wildman–Crippen LogP) is 2.61. The van der Waals surface area contributed by atoms with Gasteiger partial charge in [-0.15, -0.1) is 0 Å². The van der Waals surface area contributed by atoms with Gasteiger partial charge in [0.15, 0.2) is 0 Å². The molecule has 0 bridgehead atoms. The molecule has 1 saturated heterocycles. The summed E-state index contributed by atoms with van der Waals surface area (Å²) in [5.74, 6) is 0.785. The zero-order valence-electron chi connectivity index (χ0n) is 14.2. The van der Waals surface area contributed by atoms with Crippen LogP contribution in [0.5, 0.6) is 0 Å². The first-order valence-corrected chi connectivity index (χ1v) is 8.40. The lowest BCUT2D eigenvalue weighted by atomic mass is 9.75. The highest BCUT2D eigenvalue weighted by Gasteiger charge is 2.50. The van der Waals surface area contributed by atoms with E-state index in [0.29, 0.717) is 19.3 Å². The molecule has 2 unspecified atom stereocenters. The molecule has 1 aliphatic heterocycles. The van der Waals surface area contributed by atoms with Gasteiger partial charge in [0.2, 0.25) is 0 Å². The van der Waals surface area contributed by atoms with Crippen molar-refractivity contribution in [1.29, 1.82) is 0 Å². The van der Waals surface area contributed by atoms with Crippen LogP contribution in [-0.4, -0.2) is 51.7 Å². The van der Waals surface area contributed by atoms with Gasteiger partial charge in [-0.1, -0.05) is 0 Å². The van der Waals surface area contributed by atoms with Crippen molar-refractivity contribution in [2.75, 3.05) is 40.1 Å². The monoisotopic (exact) mass is 299 g/mol. The number of ether oxygens (including phenoxy) is 3. The van der Waals surface area contributed by atoms with E-state index >= 15 is 0 Å². The van der Waals surface area contributed by atoms with Crippen molar-refractivity contribution < 1.29 is 14.2 Å². The normalized spacial score (nSPS) is 30.0. The number of hydrogen-bond acceptors (Lipinski definition) is 4. The van der Waals surface area contributed by atoms with E-state index in [1.54, 1.807) is 7.11 Å². The van der Waals surface area contributed by atoms with E-state index in [0.717, 1.165) is 38.5 Å². The summed E-state index contributed by atoms with van der Waals surface area (Å²) in [5.41, 5.74) is 0.405. The molecule has 0 aromatic carbocycles. The van der Waals surface area contributed by atoms with Gasteiger partial charge in [0.05, 0.1) is 19.3 Å². The van der Waals surface area contributed by atoms with Crippen molar-refractivity contribution in [2.45, 2.75) is 58.1 Å². The summed E-state index contributed by atoms with van der Waals surface area (Å²) in [6.07, 6.45) is 5.35. The van der Waals surface area contributed by atoms with Crippen molar-refractivity contribution in [3.63, 3.8) is 0 Å². The largest absolute Gasteiger partial charge is 0.382 e. The van der Waals surface area contributed by atoms with Crippen molar-refractivity contribution in [3.05, 3.63) is 0 Å². The van der Waals surface area contributed by atoms with Gasteiger partial charge in [-0.25, -0.2) is 0 Å². The Morgan fingerprint density at radius 3 is 2.57 bits per heavy atom. The summed E-state index contributed by atoms with van der Waals surface area (Å²) in [4.78, 5) is 0. The minimum atomic E-state index is 0.153. The van der Waals surface area contributed by atoms with Crippen LogP contribution in [0.3, 0.4) is 0 Å². The van der Waals surface area contributed by atoms with Gasteiger partial charge in [-0.2, -0.15) is 0 Å². The first-order chi connectivity index (χ1) is 9.97. The molecule has 0 aromatic heterocycles. The number of rotatable bonds is 9. The molecule has 0 aromatic rings. The van der Waals surface area contributed by atoms with Crippen LogP contribution in [0, 0.1) is 11.3 Å². The molecule has 21 heavy (non-hydrogen) atoms. The molecule has 1 aliphatic carbocycles. The molecule has 0 spiro atoms. The molecule has 1 saturated carbocycles. The minimum absolute atomic E-state index is 0.153. The first kappa shape index (κ1) is 17.2. The van der Waals surface area contributed by atoms with Gasteiger partial charge in [0.1, 0.15) is 0 Å². The number of hydrogen-bond donors (Lipinski definition) is 1. The third-order valence-corrected chi connectivity index (χ3v) is 4.70. The lowest BCUT2D eigenvalue weighted by Gasteiger charge is -2.37. The van der Waals surface area contributed by atoms with E-state index in [9.17, 15) is 0 Å². The quantitative estimate of drug-likeness (QED) is 0.664. The third-order valence-electron chi connectivity index (χ3n) is 4.70. The number of methoxy groups -OCH3 is 1. The van der Waals surface area contributed by atoms with Crippen LogP contribution in [0.4, 0.5) is 0 Å². The molecular formula is C17H33NO3. The lowest BCUT2D eigenvalue weighted by molar-refractivity contribution is -0.000259.